The van der Waals surface area contributed by atoms with Gasteiger partial charge in [-0.1, -0.05) is 44.2 Å². The molecule has 1 rings (SSSR count). The third-order valence-electron chi connectivity index (χ3n) is 2.28. The van der Waals surface area contributed by atoms with Crippen LogP contribution in [0.15, 0.2) is 30.3 Å². The van der Waals surface area contributed by atoms with Crippen LogP contribution in [0.3, 0.4) is 0 Å². The van der Waals surface area contributed by atoms with Crippen LogP contribution in [-0.2, 0) is 9.53 Å². The van der Waals surface area contributed by atoms with Crippen molar-refractivity contribution in [2.75, 3.05) is 7.11 Å². The molecule has 0 heterocycles. The molecule has 0 radical (unpaired) electrons. The second-order valence-electron chi connectivity index (χ2n) is 3.66. The van der Waals surface area contributed by atoms with Gasteiger partial charge in [0.25, 0.3) is 0 Å². The van der Waals surface area contributed by atoms with Crippen LogP contribution in [-0.4, -0.2) is 13.1 Å². The average Bonchev–Trinajstić information content (AvgIpc) is 2.19. The molecule has 0 aliphatic heterocycles. The number of rotatable bonds is 3. The molecule has 2 heteroatoms. The van der Waals surface area contributed by atoms with Gasteiger partial charge in [0, 0.05) is 0 Å². The van der Waals surface area contributed by atoms with Crippen molar-refractivity contribution in [3.8, 4) is 0 Å². The van der Waals surface area contributed by atoms with Crippen molar-refractivity contribution in [1.29, 1.82) is 0 Å². The lowest BCUT2D eigenvalue weighted by atomic mass is 9.89. The zero-order valence-corrected chi connectivity index (χ0v) is 8.86. The highest BCUT2D eigenvalue weighted by Gasteiger charge is 2.24. The van der Waals surface area contributed by atoms with Gasteiger partial charge in [-0.25, -0.2) is 0 Å². The molecule has 2 nitrogen and oxygen atoms in total. The van der Waals surface area contributed by atoms with Crippen molar-refractivity contribution in [2.45, 2.75) is 19.8 Å². The van der Waals surface area contributed by atoms with Crippen LogP contribution in [0.2, 0.25) is 0 Å². The summed E-state index contributed by atoms with van der Waals surface area (Å²) in [7, 11) is 1.43. The second-order valence-corrected chi connectivity index (χ2v) is 3.66. The van der Waals surface area contributed by atoms with E-state index in [0.717, 1.165) is 5.56 Å². The molecule has 0 spiro atoms. The van der Waals surface area contributed by atoms with Gasteiger partial charge in [0.05, 0.1) is 13.0 Å². The third-order valence-corrected chi connectivity index (χ3v) is 2.28. The Hall–Kier alpha value is -1.31. The number of hydrogen-bond acceptors (Lipinski definition) is 2. The fourth-order valence-electron chi connectivity index (χ4n) is 1.58. The minimum absolute atomic E-state index is 0.152. The number of ether oxygens (including phenoxy) is 1. The predicted octanol–water partition coefficient (Wildman–Crippen LogP) is 2.60. The number of benzene rings is 1. The summed E-state index contributed by atoms with van der Waals surface area (Å²) in [5, 5.41) is 0. The van der Waals surface area contributed by atoms with Gasteiger partial charge < -0.3 is 4.74 Å². The van der Waals surface area contributed by atoms with Gasteiger partial charge in [-0.2, -0.15) is 0 Å². The molecule has 0 saturated heterocycles. The molecule has 1 aromatic carbocycles. The highest BCUT2D eigenvalue weighted by atomic mass is 16.5. The monoisotopic (exact) mass is 192 g/mol. The van der Waals surface area contributed by atoms with Crippen LogP contribution in [0.5, 0.6) is 0 Å². The number of carbonyl (C=O) groups excluding carboxylic acids is 1. The summed E-state index contributed by atoms with van der Waals surface area (Å²) in [4.78, 5) is 11.5. The third kappa shape index (κ3) is 2.34. The maximum atomic E-state index is 11.5. The van der Waals surface area contributed by atoms with E-state index in [1.807, 2.05) is 44.2 Å². The van der Waals surface area contributed by atoms with Crippen molar-refractivity contribution >= 4 is 5.97 Å². The highest BCUT2D eigenvalue weighted by Crippen LogP contribution is 2.25. The molecule has 1 atom stereocenters. The van der Waals surface area contributed by atoms with Crippen molar-refractivity contribution in [2.24, 2.45) is 5.92 Å². The van der Waals surface area contributed by atoms with Gasteiger partial charge in [0.2, 0.25) is 0 Å². The average molecular weight is 192 g/mol. The predicted molar refractivity (Wildman–Crippen MR) is 56.0 cm³/mol. The SMILES string of the molecule is COC(=O)C(c1ccccc1)C(C)C. The molecule has 0 fully saturated rings. The van der Waals surface area contributed by atoms with Crippen molar-refractivity contribution in [3.63, 3.8) is 0 Å². The summed E-state index contributed by atoms with van der Waals surface area (Å²) < 4.78 is 4.79. The molecule has 0 amide bonds. The van der Waals surface area contributed by atoms with Crippen molar-refractivity contribution < 1.29 is 9.53 Å². The lowest BCUT2D eigenvalue weighted by Crippen LogP contribution is -2.19. The number of methoxy groups -OCH3 is 1. The molecule has 0 aromatic heterocycles. The molecule has 1 aromatic rings. The van der Waals surface area contributed by atoms with E-state index < -0.39 is 0 Å². The van der Waals surface area contributed by atoms with E-state index in [1.54, 1.807) is 0 Å². The fourth-order valence-corrected chi connectivity index (χ4v) is 1.58. The number of hydrogen-bond donors (Lipinski definition) is 0. The minimum Gasteiger partial charge on any atom is -0.469 e. The van der Waals surface area contributed by atoms with Crippen LogP contribution in [0.1, 0.15) is 25.3 Å². The van der Waals surface area contributed by atoms with E-state index in [0.29, 0.717) is 0 Å². The van der Waals surface area contributed by atoms with E-state index in [4.69, 9.17) is 4.74 Å². The Bertz CT molecular complexity index is 290. The molecule has 14 heavy (non-hydrogen) atoms. The highest BCUT2D eigenvalue weighted by molar-refractivity contribution is 5.78. The van der Waals surface area contributed by atoms with Gasteiger partial charge in [-0.15, -0.1) is 0 Å². The lowest BCUT2D eigenvalue weighted by Gasteiger charge is -2.18. The lowest BCUT2D eigenvalue weighted by molar-refractivity contribution is -0.143. The first kappa shape index (κ1) is 10.8. The van der Waals surface area contributed by atoms with E-state index in [-0.39, 0.29) is 17.8 Å². The summed E-state index contributed by atoms with van der Waals surface area (Å²) in [5.74, 6) is -0.0581. The molecule has 0 saturated carbocycles. The first-order valence-electron chi connectivity index (χ1n) is 4.79. The normalized spacial score (nSPS) is 12.6. The number of esters is 1. The molecule has 0 aliphatic carbocycles. The standard InChI is InChI=1S/C12H16O2/c1-9(2)11(12(13)14-3)10-7-5-4-6-8-10/h4-9,11H,1-3H3. The molecular formula is C12H16O2. The zero-order chi connectivity index (χ0) is 10.6. The Kier molecular flexibility index (Phi) is 3.69. The van der Waals surface area contributed by atoms with Crippen LogP contribution in [0, 0.1) is 5.92 Å². The number of carbonyl (C=O) groups is 1. The Balaban J connectivity index is 2.95. The largest absolute Gasteiger partial charge is 0.469 e. The molecule has 0 aliphatic rings. The first-order valence-corrected chi connectivity index (χ1v) is 4.79. The van der Waals surface area contributed by atoms with Gasteiger partial charge >= 0.3 is 5.97 Å². The molecule has 0 bridgehead atoms. The Labute approximate surface area is 84.9 Å². The summed E-state index contributed by atoms with van der Waals surface area (Å²) in [6, 6.07) is 9.74. The Morgan fingerprint density at radius 1 is 1.21 bits per heavy atom. The summed E-state index contributed by atoms with van der Waals surface area (Å²) in [5.41, 5.74) is 1.02. The second kappa shape index (κ2) is 4.80. The van der Waals surface area contributed by atoms with Crippen LogP contribution in [0.25, 0.3) is 0 Å². The first-order chi connectivity index (χ1) is 6.66. The summed E-state index contributed by atoms with van der Waals surface area (Å²) in [6.45, 7) is 4.04. The molecule has 76 valence electrons. The van der Waals surface area contributed by atoms with E-state index in [2.05, 4.69) is 0 Å². The smallest absolute Gasteiger partial charge is 0.313 e. The topological polar surface area (TPSA) is 26.3 Å². The van der Waals surface area contributed by atoms with Crippen molar-refractivity contribution in [3.05, 3.63) is 35.9 Å². The van der Waals surface area contributed by atoms with E-state index in [1.165, 1.54) is 7.11 Å². The molecule has 1 unspecified atom stereocenters. The van der Waals surface area contributed by atoms with E-state index in [9.17, 15) is 4.79 Å². The van der Waals surface area contributed by atoms with Crippen LogP contribution in [0.4, 0.5) is 0 Å². The van der Waals surface area contributed by atoms with Crippen LogP contribution < -0.4 is 0 Å². The quantitative estimate of drug-likeness (QED) is 0.688. The minimum atomic E-state index is -0.161. The Morgan fingerprint density at radius 2 is 1.79 bits per heavy atom. The summed E-state index contributed by atoms with van der Waals surface area (Å²) >= 11 is 0. The van der Waals surface area contributed by atoms with Crippen LogP contribution >= 0.6 is 0 Å². The zero-order valence-electron chi connectivity index (χ0n) is 8.86. The molecular weight excluding hydrogens is 176 g/mol. The van der Waals surface area contributed by atoms with Gasteiger partial charge in [0.1, 0.15) is 0 Å². The van der Waals surface area contributed by atoms with Gasteiger partial charge in [-0.3, -0.25) is 4.79 Å². The van der Waals surface area contributed by atoms with E-state index >= 15 is 0 Å². The fraction of sp³-hybridized carbons (Fsp3) is 0.417. The maximum Gasteiger partial charge on any atom is 0.313 e. The molecule has 0 N–H and O–H groups in total. The Morgan fingerprint density at radius 3 is 2.21 bits per heavy atom. The summed E-state index contributed by atoms with van der Waals surface area (Å²) in [6.07, 6.45) is 0. The van der Waals surface area contributed by atoms with Gasteiger partial charge in [0.15, 0.2) is 0 Å². The van der Waals surface area contributed by atoms with Crippen molar-refractivity contribution in [1.82, 2.24) is 0 Å². The maximum absolute atomic E-state index is 11.5. The van der Waals surface area contributed by atoms with Gasteiger partial charge in [-0.05, 0) is 11.5 Å².